The molecule has 0 bridgehead atoms. The first-order valence-corrected chi connectivity index (χ1v) is 26.4. The van der Waals surface area contributed by atoms with Crippen LogP contribution in [0.1, 0.15) is 44.5 Å². The van der Waals surface area contributed by atoms with Gasteiger partial charge in [-0.15, -0.1) is 0 Å². The summed E-state index contributed by atoms with van der Waals surface area (Å²) in [4.78, 5) is 2.49. The highest BCUT2D eigenvalue weighted by Gasteiger charge is 2.48. The molecule has 0 aliphatic heterocycles. The SMILES string of the molecule is c1ccc(-c2ccc(N(c3ccc4c(c3)C(c3ccccc3)(c3ccccc3)c3ccccc3-4)c3ccc4c(c3)C(c3ccccc3)(c3ccccc3)c3cc(-n5ccc6ccc7ccccc7c65)ccc3-4)cc2)cc1. The zero-order valence-electron chi connectivity index (χ0n) is 41.8. The molecular formula is C74H50N2. The summed E-state index contributed by atoms with van der Waals surface area (Å²) in [6.07, 6.45) is 2.24. The molecule has 0 radical (unpaired) electrons. The zero-order chi connectivity index (χ0) is 50.2. The van der Waals surface area contributed by atoms with E-state index in [1.165, 1.54) is 99.6 Å². The van der Waals surface area contributed by atoms with E-state index in [-0.39, 0.29) is 0 Å². The topological polar surface area (TPSA) is 8.17 Å². The Hall–Kier alpha value is -9.76. The van der Waals surface area contributed by atoms with Gasteiger partial charge in [0.1, 0.15) is 0 Å². The van der Waals surface area contributed by atoms with E-state index >= 15 is 0 Å². The van der Waals surface area contributed by atoms with Crippen LogP contribution in [-0.2, 0) is 10.8 Å². The van der Waals surface area contributed by atoms with Gasteiger partial charge in [0.25, 0.3) is 0 Å². The average Bonchev–Trinajstić information content (AvgIpc) is 4.36. The lowest BCUT2D eigenvalue weighted by Crippen LogP contribution is -2.29. The fourth-order valence-corrected chi connectivity index (χ4v) is 13.3. The minimum Gasteiger partial charge on any atom is -0.316 e. The highest BCUT2D eigenvalue weighted by molar-refractivity contribution is 6.07. The summed E-state index contributed by atoms with van der Waals surface area (Å²) in [5, 5.41) is 3.70. The summed E-state index contributed by atoms with van der Waals surface area (Å²) in [7, 11) is 0. The molecule has 0 saturated carbocycles. The van der Waals surface area contributed by atoms with E-state index in [0.29, 0.717) is 0 Å². The molecule has 2 aliphatic rings. The predicted octanol–water partition coefficient (Wildman–Crippen LogP) is 18.6. The lowest BCUT2D eigenvalue weighted by atomic mass is 9.67. The molecule has 2 aliphatic carbocycles. The fraction of sp³-hybridized carbons (Fsp3) is 0.0270. The van der Waals surface area contributed by atoms with Crippen molar-refractivity contribution in [1.29, 1.82) is 0 Å². The molecule has 0 amide bonds. The molecule has 1 aromatic heterocycles. The standard InChI is InChI=1S/C74H50N2/c1-6-20-51(21-7-1)52-36-38-59(39-37-52)76(61-41-44-65-64-32-18-19-33-68(64)73(70(65)49-61,55-23-8-2-9-24-55)56-25-10-3-11-26-56)62-42-45-67-66-43-40-60(75-47-46-54-35-34-53-22-16-17-31-63(53)72(54)75)48-69(66)74(71(67)50-62,57-27-12-4-13-28-57)58-29-14-5-15-30-58/h1-50H. The molecule has 0 atom stereocenters. The fourth-order valence-electron chi connectivity index (χ4n) is 13.3. The van der Waals surface area contributed by atoms with E-state index in [9.17, 15) is 0 Å². The van der Waals surface area contributed by atoms with Crippen LogP contribution in [0.3, 0.4) is 0 Å². The highest BCUT2D eigenvalue weighted by Crippen LogP contribution is 2.60. The molecule has 0 saturated heterocycles. The predicted molar refractivity (Wildman–Crippen MR) is 316 cm³/mol. The van der Waals surface area contributed by atoms with E-state index in [4.69, 9.17) is 0 Å². The first-order chi connectivity index (χ1) is 37.7. The van der Waals surface area contributed by atoms with Crippen LogP contribution in [0.25, 0.3) is 60.7 Å². The summed E-state index contributed by atoms with van der Waals surface area (Å²) in [6, 6.07) is 111. The van der Waals surface area contributed by atoms with E-state index in [1.54, 1.807) is 0 Å². The van der Waals surface area contributed by atoms with Crippen molar-refractivity contribution in [3.63, 3.8) is 0 Å². The highest BCUT2D eigenvalue weighted by atomic mass is 15.1. The smallest absolute Gasteiger partial charge is 0.0715 e. The maximum absolute atomic E-state index is 2.50. The van der Waals surface area contributed by atoms with Gasteiger partial charge in [-0.1, -0.05) is 243 Å². The molecule has 0 spiro atoms. The Morgan fingerprint density at radius 1 is 0.276 bits per heavy atom. The van der Waals surface area contributed by atoms with Crippen molar-refractivity contribution >= 4 is 38.7 Å². The molecule has 12 aromatic carbocycles. The first kappa shape index (κ1) is 43.8. The number of hydrogen-bond acceptors (Lipinski definition) is 1. The Bertz CT molecular complexity index is 4230. The summed E-state index contributed by atoms with van der Waals surface area (Å²) in [6.45, 7) is 0. The maximum atomic E-state index is 2.50. The third-order valence-electron chi connectivity index (χ3n) is 16.6. The van der Waals surface area contributed by atoms with Gasteiger partial charge < -0.3 is 9.47 Å². The van der Waals surface area contributed by atoms with Crippen molar-refractivity contribution in [3.8, 4) is 39.1 Å². The minimum atomic E-state index is -0.664. The molecule has 15 rings (SSSR count). The number of hydrogen-bond donors (Lipinski definition) is 0. The van der Waals surface area contributed by atoms with Gasteiger partial charge in [0.15, 0.2) is 0 Å². The maximum Gasteiger partial charge on any atom is 0.0715 e. The van der Waals surface area contributed by atoms with Crippen molar-refractivity contribution in [3.05, 3.63) is 348 Å². The first-order valence-electron chi connectivity index (χ1n) is 26.4. The summed E-state index contributed by atoms with van der Waals surface area (Å²) in [5.74, 6) is 0. The van der Waals surface area contributed by atoms with Crippen LogP contribution in [0.5, 0.6) is 0 Å². The Labute approximate surface area is 443 Å². The van der Waals surface area contributed by atoms with Crippen LogP contribution < -0.4 is 4.90 Å². The molecule has 356 valence electrons. The monoisotopic (exact) mass is 966 g/mol. The summed E-state index contributed by atoms with van der Waals surface area (Å²) >= 11 is 0. The van der Waals surface area contributed by atoms with Crippen molar-refractivity contribution < 1.29 is 0 Å². The molecule has 2 nitrogen and oxygen atoms in total. The van der Waals surface area contributed by atoms with Crippen LogP contribution in [0.4, 0.5) is 17.1 Å². The zero-order valence-corrected chi connectivity index (χ0v) is 41.8. The number of benzene rings is 12. The van der Waals surface area contributed by atoms with Gasteiger partial charge in [0.05, 0.1) is 16.3 Å². The molecular weight excluding hydrogens is 917 g/mol. The number of anilines is 3. The third-order valence-corrected chi connectivity index (χ3v) is 16.6. The van der Waals surface area contributed by atoms with Crippen LogP contribution in [0, 0.1) is 0 Å². The largest absolute Gasteiger partial charge is 0.316 e. The molecule has 0 unspecified atom stereocenters. The second kappa shape index (κ2) is 17.4. The van der Waals surface area contributed by atoms with Gasteiger partial charge in [0.2, 0.25) is 0 Å². The second-order valence-electron chi connectivity index (χ2n) is 20.4. The van der Waals surface area contributed by atoms with Crippen LogP contribution in [-0.4, -0.2) is 4.57 Å². The van der Waals surface area contributed by atoms with Crippen molar-refractivity contribution in [2.45, 2.75) is 10.8 Å². The lowest BCUT2D eigenvalue weighted by molar-refractivity contribution is 0.766. The Kier molecular flexibility index (Phi) is 10.0. The molecule has 1 heterocycles. The van der Waals surface area contributed by atoms with Crippen molar-refractivity contribution in [2.75, 3.05) is 4.90 Å². The van der Waals surface area contributed by atoms with Crippen molar-refractivity contribution in [2.24, 2.45) is 0 Å². The molecule has 13 aromatic rings. The number of aromatic nitrogens is 1. The summed E-state index contributed by atoms with van der Waals surface area (Å²) < 4.78 is 2.39. The van der Waals surface area contributed by atoms with E-state index in [2.05, 4.69) is 313 Å². The van der Waals surface area contributed by atoms with Crippen LogP contribution >= 0.6 is 0 Å². The van der Waals surface area contributed by atoms with Gasteiger partial charge >= 0.3 is 0 Å². The summed E-state index contributed by atoms with van der Waals surface area (Å²) in [5.41, 5.74) is 21.8. The molecule has 0 N–H and O–H groups in total. The number of rotatable bonds is 9. The van der Waals surface area contributed by atoms with Gasteiger partial charge in [-0.05, 0) is 138 Å². The number of fused-ring (bicyclic) bond motifs is 9. The quantitative estimate of drug-likeness (QED) is 0.140. The van der Waals surface area contributed by atoms with Crippen LogP contribution in [0.15, 0.2) is 303 Å². The van der Waals surface area contributed by atoms with Gasteiger partial charge in [-0.2, -0.15) is 0 Å². The van der Waals surface area contributed by atoms with Gasteiger partial charge in [-0.3, -0.25) is 0 Å². The van der Waals surface area contributed by atoms with E-state index in [1.807, 2.05) is 0 Å². The Morgan fingerprint density at radius 3 is 1.28 bits per heavy atom. The van der Waals surface area contributed by atoms with E-state index in [0.717, 1.165) is 22.7 Å². The second-order valence-corrected chi connectivity index (χ2v) is 20.4. The van der Waals surface area contributed by atoms with Crippen molar-refractivity contribution in [1.82, 2.24) is 4.57 Å². The van der Waals surface area contributed by atoms with Crippen LogP contribution in [0.2, 0.25) is 0 Å². The van der Waals surface area contributed by atoms with Gasteiger partial charge in [-0.25, -0.2) is 0 Å². The molecule has 2 heteroatoms. The molecule has 76 heavy (non-hydrogen) atoms. The lowest BCUT2D eigenvalue weighted by Gasteiger charge is -2.36. The van der Waals surface area contributed by atoms with E-state index < -0.39 is 10.8 Å². The molecule has 0 fully saturated rings. The Morgan fingerprint density at radius 2 is 0.697 bits per heavy atom. The Balaban J connectivity index is 0.983. The normalized spacial score (nSPS) is 13.5. The third kappa shape index (κ3) is 6.47. The minimum absolute atomic E-state index is 0.558. The average molecular weight is 967 g/mol. The number of nitrogens with zero attached hydrogens (tertiary/aromatic N) is 2. The van der Waals surface area contributed by atoms with Gasteiger partial charge in [0, 0.05) is 39.7 Å².